The summed E-state index contributed by atoms with van der Waals surface area (Å²) in [7, 11) is 0. The van der Waals surface area contributed by atoms with Gasteiger partial charge in [0.25, 0.3) is 0 Å². The Hall–Kier alpha value is -1.85. The molecule has 4 nitrogen and oxygen atoms in total. The van der Waals surface area contributed by atoms with Crippen LogP contribution in [0.2, 0.25) is 0 Å². The van der Waals surface area contributed by atoms with E-state index in [2.05, 4.69) is 14.6 Å². The minimum absolute atomic E-state index is 0.271. The van der Waals surface area contributed by atoms with E-state index in [1.165, 1.54) is 11.5 Å². The van der Waals surface area contributed by atoms with E-state index in [9.17, 15) is 0 Å². The molecule has 3 rings (SSSR count). The van der Waals surface area contributed by atoms with Crippen LogP contribution in [-0.4, -0.2) is 14.6 Å². The fourth-order valence-electron chi connectivity index (χ4n) is 1.85. The number of rotatable bonds is 2. The lowest BCUT2D eigenvalue weighted by molar-refractivity contribution is 0.823. The molecule has 0 fully saturated rings. The number of benzene rings is 1. The molecule has 17 heavy (non-hydrogen) atoms. The monoisotopic (exact) mass is 242 g/mol. The SMILES string of the molecule is NC(c1csnn1)c1cccc2cccnc12. The van der Waals surface area contributed by atoms with E-state index >= 15 is 0 Å². The van der Waals surface area contributed by atoms with E-state index in [-0.39, 0.29) is 6.04 Å². The quantitative estimate of drug-likeness (QED) is 0.747. The second-order valence-electron chi connectivity index (χ2n) is 3.73. The first-order valence-corrected chi connectivity index (χ1v) is 6.06. The Kier molecular flexibility index (Phi) is 2.55. The van der Waals surface area contributed by atoms with Crippen molar-refractivity contribution in [2.75, 3.05) is 0 Å². The molecule has 3 aromatic rings. The van der Waals surface area contributed by atoms with Crippen LogP contribution in [0.3, 0.4) is 0 Å². The summed E-state index contributed by atoms with van der Waals surface area (Å²) in [5, 5.41) is 6.97. The molecule has 0 saturated carbocycles. The number of fused-ring (bicyclic) bond motifs is 1. The highest BCUT2D eigenvalue weighted by atomic mass is 32.1. The third-order valence-corrected chi connectivity index (χ3v) is 3.22. The van der Waals surface area contributed by atoms with E-state index in [0.29, 0.717) is 0 Å². The van der Waals surface area contributed by atoms with Crippen LogP contribution in [-0.2, 0) is 0 Å². The van der Waals surface area contributed by atoms with Gasteiger partial charge in [-0.3, -0.25) is 4.98 Å². The van der Waals surface area contributed by atoms with E-state index < -0.39 is 0 Å². The van der Waals surface area contributed by atoms with E-state index in [0.717, 1.165) is 22.2 Å². The summed E-state index contributed by atoms with van der Waals surface area (Å²) in [6.45, 7) is 0. The molecule has 0 aliphatic carbocycles. The number of para-hydroxylation sites is 1. The third kappa shape index (κ3) is 1.79. The molecule has 0 saturated heterocycles. The summed E-state index contributed by atoms with van der Waals surface area (Å²) in [6.07, 6.45) is 1.78. The average molecular weight is 242 g/mol. The summed E-state index contributed by atoms with van der Waals surface area (Å²) in [5.74, 6) is 0. The molecule has 0 aliphatic heterocycles. The fraction of sp³-hybridized carbons (Fsp3) is 0.0833. The fourth-order valence-corrected chi connectivity index (χ4v) is 2.34. The Bertz CT molecular complexity index is 631. The smallest absolute Gasteiger partial charge is 0.0968 e. The number of aromatic nitrogens is 3. The molecule has 0 radical (unpaired) electrons. The van der Waals surface area contributed by atoms with Crippen LogP contribution in [0.4, 0.5) is 0 Å². The van der Waals surface area contributed by atoms with Gasteiger partial charge in [0.1, 0.15) is 0 Å². The standard InChI is InChI=1S/C12H10N4S/c13-11(10-7-17-16-15-10)9-5-1-3-8-4-2-6-14-12(8)9/h1-7,11H,13H2. The van der Waals surface area contributed by atoms with Crippen LogP contribution in [0.1, 0.15) is 17.3 Å². The van der Waals surface area contributed by atoms with Crippen molar-refractivity contribution >= 4 is 22.4 Å². The Morgan fingerprint density at radius 2 is 2.06 bits per heavy atom. The van der Waals surface area contributed by atoms with E-state index in [1.807, 2.05) is 35.7 Å². The van der Waals surface area contributed by atoms with Crippen molar-refractivity contribution in [3.8, 4) is 0 Å². The maximum atomic E-state index is 6.19. The highest BCUT2D eigenvalue weighted by Gasteiger charge is 2.14. The number of pyridine rings is 1. The van der Waals surface area contributed by atoms with E-state index in [1.54, 1.807) is 6.20 Å². The molecule has 1 aromatic carbocycles. The molecule has 0 aliphatic rings. The Morgan fingerprint density at radius 3 is 2.88 bits per heavy atom. The molecule has 1 unspecified atom stereocenters. The maximum absolute atomic E-state index is 6.19. The van der Waals surface area contributed by atoms with Crippen LogP contribution in [0.25, 0.3) is 10.9 Å². The van der Waals surface area contributed by atoms with Crippen molar-refractivity contribution in [2.45, 2.75) is 6.04 Å². The Balaban J connectivity index is 2.17. The molecule has 0 bridgehead atoms. The Morgan fingerprint density at radius 1 is 1.18 bits per heavy atom. The lowest BCUT2D eigenvalue weighted by atomic mass is 10.0. The van der Waals surface area contributed by atoms with Gasteiger partial charge in [0.05, 0.1) is 17.3 Å². The minimum atomic E-state index is -0.271. The van der Waals surface area contributed by atoms with Crippen molar-refractivity contribution in [3.63, 3.8) is 0 Å². The van der Waals surface area contributed by atoms with Crippen molar-refractivity contribution in [1.82, 2.24) is 14.6 Å². The molecule has 0 spiro atoms. The Labute approximate surface area is 102 Å². The lowest BCUT2D eigenvalue weighted by Crippen LogP contribution is -2.13. The molecule has 2 heterocycles. The first-order valence-electron chi connectivity index (χ1n) is 5.22. The molecule has 1 atom stereocenters. The summed E-state index contributed by atoms with van der Waals surface area (Å²) in [5.41, 5.74) is 8.88. The zero-order valence-electron chi connectivity index (χ0n) is 8.95. The van der Waals surface area contributed by atoms with Gasteiger partial charge in [0.15, 0.2) is 0 Å². The van der Waals surface area contributed by atoms with Crippen molar-refractivity contribution in [3.05, 3.63) is 53.2 Å². The van der Waals surface area contributed by atoms with Gasteiger partial charge >= 0.3 is 0 Å². The van der Waals surface area contributed by atoms with Crippen molar-refractivity contribution in [1.29, 1.82) is 0 Å². The van der Waals surface area contributed by atoms with Crippen LogP contribution >= 0.6 is 11.5 Å². The average Bonchev–Trinajstić information content (AvgIpc) is 2.91. The zero-order valence-corrected chi connectivity index (χ0v) is 9.76. The van der Waals surface area contributed by atoms with E-state index in [4.69, 9.17) is 5.73 Å². The normalized spacial score (nSPS) is 12.8. The number of nitrogens with zero attached hydrogens (tertiary/aromatic N) is 3. The number of hydrogen-bond acceptors (Lipinski definition) is 5. The minimum Gasteiger partial charge on any atom is -0.319 e. The largest absolute Gasteiger partial charge is 0.319 e. The van der Waals surface area contributed by atoms with Gasteiger partial charge in [0.2, 0.25) is 0 Å². The van der Waals surface area contributed by atoms with Crippen molar-refractivity contribution in [2.24, 2.45) is 5.73 Å². The van der Waals surface area contributed by atoms with Crippen molar-refractivity contribution < 1.29 is 0 Å². The number of nitrogens with two attached hydrogens (primary N) is 1. The predicted octanol–water partition coefficient (Wildman–Crippen LogP) is 2.13. The van der Waals surface area contributed by atoms with Gasteiger partial charge in [-0.1, -0.05) is 28.8 Å². The molecular weight excluding hydrogens is 232 g/mol. The molecule has 5 heteroatoms. The molecule has 2 N–H and O–H groups in total. The lowest BCUT2D eigenvalue weighted by Gasteiger charge is -2.11. The third-order valence-electron chi connectivity index (χ3n) is 2.69. The van der Waals surface area contributed by atoms with Gasteiger partial charge in [-0.15, -0.1) is 5.10 Å². The zero-order chi connectivity index (χ0) is 11.7. The highest BCUT2D eigenvalue weighted by Crippen LogP contribution is 2.24. The highest BCUT2D eigenvalue weighted by molar-refractivity contribution is 7.03. The van der Waals surface area contributed by atoms with Crippen LogP contribution in [0, 0.1) is 0 Å². The van der Waals surface area contributed by atoms with Gasteiger partial charge in [-0.05, 0) is 17.6 Å². The first-order chi connectivity index (χ1) is 8.36. The molecule has 84 valence electrons. The van der Waals surface area contributed by atoms with Gasteiger partial charge in [0, 0.05) is 22.5 Å². The second kappa shape index (κ2) is 4.20. The summed E-state index contributed by atoms with van der Waals surface area (Å²) in [6, 6.07) is 9.67. The molecule has 0 amide bonds. The summed E-state index contributed by atoms with van der Waals surface area (Å²) in [4.78, 5) is 4.39. The second-order valence-corrected chi connectivity index (χ2v) is 4.34. The molecule has 2 aromatic heterocycles. The topological polar surface area (TPSA) is 64.7 Å². The van der Waals surface area contributed by atoms with Crippen LogP contribution in [0.5, 0.6) is 0 Å². The maximum Gasteiger partial charge on any atom is 0.0968 e. The summed E-state index contributed by atoms with van der Waals surface area (Å²) >= 11 is 1.31. The predicted molar refractivity (Wildman–Crippen MR) is 67.7 cm³/mol. The summed E-state index contributed by atoms with van der Waals surface area (Å²) < 4.78 is 3.84. The van der Waals surface area contributed by atoms with Gasteiger partial charge in [-0.25, -0.2) is 0 Å². The van der Waals surface area contributed by atoms with Gasteiger partial charge < -0.3 is 5.73 Å². The first kappa shape index (κ1) is 10.3. The van der Waals surface area contributed by atoms with Gasteiger partial charge in [-0.2, -0.15) is 0 Å². The molecular formula is C12H10N4S. The van der Waals surface area contributed by atoms with Crippen LogP contribution < -0.4 is 5.73 Å². The van der Waals surface area contributed by atoms with Crippen LogP contribution in [0.15, 0.2) is 41.9 Å². The number of hydrogen-bond donors (Lipinski definition) is 1.